The van der Waals surface area contributed by atoms with E-state index in [-0.39, 0.29) is 6.04 Å². The van der Waals surface area contributed by atoms with Gasteiger partial charge in [-0.3, -0.25) is 0 Å². The lowest BCUT2D eigenvalue weighted by Gasteiger charge is -2.35. The third kappa shape index (κ3) is 5.37. The van der Waals surface area contributed by atoms with Gasteiger partial charge in [0.25, 0.3) is 0 Å². The van der Waals surface area contributed by atoms with Crippen molar-refractivity contribution in [3.8, 4) is 11.3 Å². The lowest BCUT2D eigenvalue weighted by atomic mass is 9.83. The van der Waals surface area contributed by atoms with E-state index in [2.05, 4.69) is 29.4 Å². The molecule has 2 aliphatic rings. The average molecular weight is 510 g/mol. The van der Waals surface area contributed by atoms with Gasteiger partial charge in [-0.1, -0.05) is 43.5 Å². The molecule has 192 valence electrons. The number of imidazole rings is 1. The first-order chi connectivity index (χ1) is 17.5. The summed E-state index contributed by atoms with van der Waals surface area (Å²) in [5.41, 5.74) is 3.48. The highest BCUT2D eigenvalue weighted by Crippen LogP contribution is 2.36. The first kappa shape index (κ1) is 25.0. The van der Waals surface area contributed by atoms with E-state index < -0.39 is 0 Å². The standard InChI is InChI=1S/C28H36ClN5O2/c1-4-35-14-12-24-30-25(22-6-5-7-23(29)16-22)26-27(31-24)32-28(33-13-15-36-18-20(33)3)34(26)17-21-10-8-19(2)9-11-21/h5-7,12,14,16,19-21H,4,8-11,13,15,17-18H2,1-3H3/b14-12+/t19?,20-,21?/m1/s1. The Morgan fingerprint density at radius 2 is 1.97 bits per heavy atom. The maximum absolute atomic E-state index is 6.42. The van der Waals surface area contributed by atoms with Crippen molar-refractivity contribution < 1.29 is 9.47 Å². The Kier molecular flexibility index (Phi) is 7.77. The molecule has 2 aromatic heterocycles. The summed E-state index contributed by atoms with van der Waals surface area (Å²) >= 11 is 6.42. The molecule has 3 heterocycles. The van der Waals surface area contributed by atoms with Gasteiger partial charge < -0.3 is 18.9 Å². The molecule has 1 aromatic carbocycles. The van der Waals surface area contributed by atoms with Crippen molar-refractivity contribution in [3.05, 3.63) is 41.4 Å². The van der Waals surface area contributed by atoms with Crippen LogP contribution in [-0.2, 0) is 16.0 Å². The molecule has 36 heavy (non-hydrogen) atoms. The fraction of sp³-hybridized carbons (Fsp3) is 0.536. The first-order valence-corrected chi connectivity index (χ1v) is 13.6. The molecule has 0 N–H and O–H groups in total. The lowest BCUT2D eigenvalue weighted by Crippen LogP contribution is -2.45. The third-order valence-electron chi connectivity index (χ3n) is 7.38. The van der Waals surface area contributed by atoms with Crippen molar-refractivity contribution in [2.45, 2.75) is 59.0 Å². The predicted octanol–water partition coefficient (Wildman–Crippen LogP) is 6.21. The van der Waals surface area contributed by atoms with Crippen molar-refractivity contribution in [1.82, 2.24) is 19.5 Å². The van der Waals surface area contributed by atoms with Crippen LogP contribution in [0.25, 0.3) is 28.5 Å². The van der Waals surface area contributed by atoms with Gasteiger partial charge in [0.1, 0.15) is 11.2 Å². The topological polar surface area (TPSA) is 65.3 Å². The molecule has 1 saturated carbocycles. The van der Waals surface area contributed by atoms with E-state index >= 15 is 0 Å². The van der Waals surface area contributed by atoms with Gasteiger partial charge in [-0.25, -0.2) is 9.97 Å². The van der Waals surface area contributed by atoms with E-state index in [0.29, 0.717) is 42.2 Å². The Morgan fingerprint density at radius 3 is 2.72 bits per heavy atom. The molecule has 5 rings (SSSR count). The number of morpholine rings is 1. The molecule has 2 fully saturated rings. The van der Waals surface area contributed by atoms with Crippen LogP contribution >= 0.6 is 11.6 Å². The highest BCUT2D eigenvalue weighted by Gasteiger charge is 2.29. The zero-order chi connectivity index (χ0) is 25.1. The summed E-state index contributed by atoms with van der Waals surface area (Å²) in [5, 5.41) is 0.681. The van der Waals surface area contributed by atoms with Crippen molar-refractivity contribution in [2.75, 3.05) is 31.3 Å². The number of benzene rings is 1. The molecular formula is C28H36ClN5O2. The SMILES string of the molecule is CCO/C=C/c1nc(-c2cccc(Cl)c2)c2c(n1)nc(N1CCOC[C@H]1C)n2CC1CCC(C)CC1. The van der Waals surface area contributed by atoms with Crippen LogP contribution in [0.4, 0.5) is 5.95 Å². The van der Waals surface area contributed by atoms with Gasteiger partial charge in [0.15, 0.2) is 11.5 Å². The van der Waals surface area contributed by atoms with Crippen molar-refractivity contribution >= 4 is 34.8 Å². The lowest BCUT2D eigenvalue weighted by molar-refractivity contribution is 0.0976. The Morgan fingerprint density at radius 1 is 1.14 bits per heavy atom. The van der Waals surface area contributed by atoms with Crippen LogP contribution in [0.5, 0.6) is 0 Å². The molecular weight excluding hydrogens is 474 g/mol. The largest absolute Gasteiger partial charge is 0.501 e. The summed E-state index contributed by atoms with van der Waals surface area (Å²) in [4.78, 5) is 17.4. The average Bonchev–Trinajstić information content (AvgIpc) is 3.23. The van der Waals surface area contributed by atoms with Crippen LogP contribution in [0.3, 0.4) is 0 Å². The van der Waals surface area contributed by atoms with E-state index in [1.807, 2.05) is 25.1 Å². The third-order valence-corrected chi connectivity index (χ3v) is 7.61. The Labute approximate surface area is 218 Å². The van der Waals surface area contributed by atoms with Gasteiger partial charge in [-0.15, -0.1) is 0 Å². The number of halogens is 1. The minimum absolute atomic E-state index is 0.237. The smallest absolute Gasteiger partial charge is 0.208 e. The molecule has 8 heteroatoms. The van der Waals surface area contributed by atoms with Gasteiger partial charge in [0.2, 0.25) is 5.95 Å². The second-order valence-electron chi connectivity index (χ2n) is 10.1. The fourth-order valence-electron chi connectivity index (χ4n) is 5.34. The number of hydrogen-bond acceptors (Lipinski definition) is 6. The van der Waals surface area contributed by atoms with Crippen LogP contribution in [-0.4, -0.2) is 51.9 Å². The Balaban J connectivity index is 1.69. The molecule has 1 saturated heterocycles. The van der Waals surface area contributed by atoms with Gasteiger partial charge in [0, 0.05) is 29.8 Å². The summed E-state index contributed by atoms with van der Waals surface area (Å²) in [6.45, 7) is 10.2. The number of rotatable bonds is 7. The minimum atomic E-state index is 0.237. The number of aromatic nitrogens is 4. The maximum atomic E-state index is 6.42. The van der Waals surface area contributed by atoms with E-state index in [0.717, 1.165) is 41.7 Å². The number of fused-ring (bicyclic) bond motifs is 1. The van der Waals surface area contributed by atoms with Crippen molar-refractivity contribution in [2.24, 2.45) is 11.8 Å². The zero-order valence-corrected chi connectivity index (χ0v) is 22.2. The summed E-state index contributed by atoms with van der Waals surface area (Å²) in [6.07, 6.45) is 8.49. The highest BCUT2D eigenvalue weighted by atomic mass is 35.5. The molecule has 7 nitrogen and oxygen atoms in total. The molecule has 1 atom stereocenters. The van der Waals surface area contributed by atoms with Gasteiger partial charge >= 0.3 is 0 Å². The van der Waals surface area contributed by atoms with E-state index in [9.17, 15) is 0 Å². The molecule has 3 aromatic rings. The van der Waals surface area contributed by atoms with Gasteiger partial charge in [0.05, 0.1) is 32.1 Å². The number of anilines is 1. The molecule has 1 aliphatic heterocycles. The minimum Gasteiger partial charge on any atom is -0.501 e. The van der Waals surface area contributed by atoms with Crippen LogP contribution in [0, 0.1) is 11.8 Å². The summed E-state index contributed by atoms with van der Waals surface area (Å²) < 4.78 is 13.6. The second kappa shape index (κ2) is 11.2. The predicted molar refractivity (Wildman–Crippen MR) is 145 cm³/mol. The molecule has 0 unspecified atom stereocenters. The molecule has 1 aliphatic carbocycles. The van der Waals surface area contributed by atoms with Gasteiger partial charge in [-0.05, 0) is 50.7 Å². The number of nitrogens with zero attached hydrogens (tertiary/aromatic N) is 5. The number of ether oxygens (including phenoxy) is 2. The molecule has 0 bridgehead atoms. The highest BCUT2D eigenvalue weighted by molar-refractivity contribution is 6.30. The van der Waals surface area contributed by atoms with Gasteiger partial charge in [-0.2, -0.15) is 4.98 Å². The summed E-state index contributed by atoms with van der Waals surface area (Å²) in [6, 6.07) is 8.12. The molecule has 0 amide bonds. The van der Waals surface area contributed by atoms with E-state index in [1.165, 1.54) is 25.7 Å². The van der Waals surface area contributed by atoms with Crippen molar-refractivity contribution in [3.63, 3.8) is 0 Å². The van der Waals surface area contributed by atoms with Crippen LogP contribution in [0.2, 0.25) is 5.02 Å². The Bertz CT molecular complexity index is 1220. The second-order valence-corrected chi connectivity index (χ2v) is 10.6. The van der Waals surface area contributed by atoms with E-state index in [4.69, 9.17) is 36.0 Å². The normalized spacial score (nSPS) is 23.0. The summed E-state index contributed by atoms with van der Waals surface area (Å²) in [5.74, 6) is 2.95. The van der Waals surface area contributed by atoms with E-state index in [1.54, 1.807) is 12.3 Å². The quantitative estimate of drug-likeness (QED) is 0.353. The molecule has 0 spiro atoms. The van der Waals surface area contributed by atoms with Crippen LogP contribution < -0.4 is 4.90 Å². The monoisotopic (exact) mass is 509 g/mol. The zero-order valence-electron chi connectivity index (χ0n) is 21.5. The first-order valence-electron chi connectivity index (χ1n) is 13.2. The fourth-order valence-corrected chi connectivity index (χ4v) is 5.53. The van der Waals surface area contributed by atoms with Crippen LogP contribution in [0.15, 0.2) is 30.5 Å². The van der Waals surface area contributed by atoms with Crippen LogP contribution in [0.1, 0.15) is 52.3 Å². The van der Waals surface area contributed by atoms with Crippen molar-refractivity contribution in [1.29, 1.82) is 0 Å². The maximum Gasteiger partial charge on any atom is 0.208 e. The number of hydrogen-bond donors (Lipinski definition) is 0. The Hall–Kier alpha value is -2.64. The molecule has 0 radical (unpaired) electrons. The summed E-state index contributed by atoms with van der Waals surface area (Å²) in [7, 11) is 0.